The third-order valence-electron chi connectivity index (χ3n) is 4.27. The first-order valence-corrected chi connectivity index (χ1v) is 8.43. The Labute approximate surface area is 142 Å². The molecular formula is C19H23N3O2. The molecule has 1 aliphatic rings. The number of benzene rings is 1. The first kappa shape index (κ1) is 16.3. The van der Waals surface area contributed by atoms with Gasteiger partial charge in [0.05, 0.1) is 19.0 Å². The Morgan fingerprint density at radius 3 is 2.58 bits per heavy atom. The van der Waals surface area contributed by atoms with Gasteiger partial charge in [-0.3, -0.25) is 4.79 Å². The lowest BCUT2D eigenvalue weighted by Crippen LogP contribution is -2.24. The predicted molar refractivity (Wildman–Crippen MR) is 95.9 cm³/mol. The van der Waals surface area contributed by atoms with Crippen molar-refractivity contribution in [3.05, 3.63) is 48.2 Å². The smallest absolute Gasteiger partial charge is 0.255 e. The van der Waals surface area contributed by atoms with Crippen molar-refractivity contribution in [2.45, 2.75) is 25.7 Å². The van der Waals surface area contributed by atoms with Crippen molar-refractivity contribution in [3.8, 4) is 5.75 Å². The number of carbonyl (C=O) groups excluding carboxylic acids is 1. The molecule has 0 spiro atoms. The van der Waals surface area contributed by atoms with E-state index in [1.807, 2.05) is 18.2 Å². The van der Waals surface area contributed by atoms with Gasteiger partial charge in [0, 0.05) is 18.7 Å². The van der Waals surface area contributed by atoms with Crippen LogP contribution in [0, 0.1) is 0 Å². The van der Waals surface area contributed by atoms with E-state index in [0.29, 0.717) is 17.0 Å². The van der Waals surface area contributed by atoms with Crippen LogP contribution in [0.1, 0.15) is 36.0 Å². The summed E-state index contributed by atoms with van der Waals surface area (Å²) in [6, 6.07) is 11.0. The average Bonchev–Trinajstić information content (AvgIpc) is 2.92. The molecule has 3 rings (SSSR count). The van der Waals surface area contributed by atoms with E-state index in [-0.39, 0.29) is 5.91 Å². The Morgan fingerprint density at radius 1 is 1.12 bits per heavy atom. The fourth-order valence-electron chi connectivity index (χ4n) is 2.91. The van der Waals surface area contributed by atoms with Gasteiger partial charge >= 0.3 is 0 Å². The lowest BCUT2D eigenvalue weighted by atomic mass is 10.2. The molecule has 5 nitrogen and oxygen atoms in total. The lowest BCUT2D eigenvalue weighted by Gasteiger charge is -2.21. The molecule has 1 aliphatic heterocycles. The van der Waals surface area contributed by atoms with Crippen molar-refractivity contribution in [2.24, 2.45) is 0 Å². The van der Waals surface area contributed by atoms with E-state index in [4.69, 9.17) is 4.74 Å². The van der Waals surface area contributed by atoms with Crippen molar-refractivity contribution in [1.82, 2.24) is 4.98 Å². The molecule has 0 saturated carbocycles. The number of rotatable bonds is 4. The van der Waals surface area contributed by atoms with Gasteiger partial charge in [-0.25, -0.2) is 4.98 Å². The number of nitrogens with one attached hydrogen (secondary N) is 1. The zero-order chi connectivity index (χ0) is 16.8. The molecule has 1 aromatic heterocycles. The maximum absolute atomic E-state index is 12.3. The summed E-state index contributed by atoms with van der Waals surface area (Å²) in [5, 5.41) is 2.88. The monoisotopic (exact) mass is 325 g/mol. The molecule has 2 aromatic rings. The third kappa shape index (κ3) is 4.04. The molecule has 0 radical (unpaired) electrons. The van der Waals surface area contributed by atoms with Gasteiger partial charge in [0.25, 0.3) is 5.91 Å². The van der Waals surface area contributed by atoms with E-state index < -0.39 is 0 Å². The summed E-state index contributed by atoms with van der Waals surface area (Å²) >= 11 is 0. The fourth-order valence-corrected chi connectivity index (χ4v) is 2.91. The molecule has 1 fully saturated rings. The van der Waals surface area contributed by atoms with E-state index in [1.54, 1.807) is 31.5 Å². The summed E-state index contributed by atoms with van der Waals surface area (Å²) in [6.45, 7) is 2.12. The van der Waals surface area contributed by atoms with Gasteiger partial charge in [-0.2, -0.15) is 0 Å². The summed E-state index contributed by atoms with van der Waals surface area (Å²) in [5.41, 5.74) is 1.26. The first-order chi connectivity index (χ1) is 11.8. The Balaban J connectivity index is 1.65. The van der Waals surface area contributed by atoms with Gasteiger partial charge in [0.2, 0.25) is 0 Å². The minimum Gasteiger partial charge on any atom is -0.497 e. The van der Waals surface area contributed by atoms with Crippen LogP contribution in [0.5, 0.6) is 5.75 Å². The highest BCUT2D eigenvalue weighted by molar-refractivity contribution is 6.04. The molecule has 0 aliphatic carbocycles. The molecule has 2 heterocycles. The molecule has 0 unspecified atom stereocenters. The van der Waals surface area contributed by atoms with E-state index in [2.05, 4.69) is 15.2 Å². The second kappa shape index (κ2) is 7.81. The second-order valence-corrected chi connectivity index (χ2v) is 5.99. The molecule has 5 heteroatoms. The number of pyridine rings is 1. The second-order valence-electron chi connectivity index (χ2n) is 5.99. The molecule has 126 valence electrons. The van der Waals surface area contributed by atoms with Gasteiger partial charge in [-0.05, 0) is 43.2 Å². The van der Waals surface area contributed by atoms with Gasteiger partial charge in [0.1, 0.15) is 11.6 Å². The molecular weight excluding hydrogens is 302 g/mol. The molecule has 1 N–H and O–H groups in total. The third-order valence-corrected chi connectivity index (χ3v) is 4.27. The highest BCUT2D eigenvalue weighted by atomic mass is 16.5. The Morgan fingerprint density at radius 2 is 1.92 bits per heavy atom. The molecule has 0 atom stereocenters. The topological polar surface area (TPSA) is 54.5 Å². The maximum Gasteiger partial charge on any atom is 0.255 e. The summed E-state index contributed by atoms with van der Waals surface area (Å²) in [5.74, 6) is 1.48. The van der Waals surface area contributed by atoms with Crippen LogP contribution in [-0.2, 0) is 0 Å². The number of amides is 1. The van der Waals surface area contributed by atoms with Crippen LogP contribution in [0.2, 0.25) is 0 Å². The zero-order valence-corrected chi connectivity index (χ0v) is 14.0. The van der Waals surface area contributed by atoms with Crippen LogP contribution in [0.3, 0.4) is 0 Å². The average molecular weight is 325 g/mol. The van der Waals surface area contributed by atoms with Gasteiger partial charge in [-0.15, -0.1) is 0 Å². The van der Waals surface area contributed by atoms with Crippen molar-refractivity contribution in [1.29, 1.82) is 0 Å². The van der Waals surface area contributed by atoms with Crippen LogP contribution in [0.25, 0.3) is 0 Å². The van der Waals surface area contributed by atoms with E-state index >= 15 is 0 Å². The van der Waals surface area contributed by atoms with Crippen molar-refractivity contribution < 1.29 is 9.53 Å². The minimum absolute atomic E-state index is 0.168. The number of carbonyl (C=O) groups is 1. The summed E-state index contributed by atoms with van der Waals surface area (Å²) < 4.78 is 5.15. The first-order valence-electron chi connectivity index (χ1n) is 8.43. The minimum atomic E-state index is -0.168. The summed E-state index contributed by atoms with van der Waals surface area (Å²) in [6.07, 6.45) is 6.75. The Kier molecular flexibility index (Phi) is 5.31. The highest BCUT2D eigenvalue weighted by Gasteiger charge is 2.12. The van der Waals surface area contributed by atoms with Crippen LogP contribution >= 0.6 is 0 Å². The summed E-state index contributed by atoms with van der Waals surface area (Å²) in [7, 11) is 1.59. The number of hydrogen-bond donors (Lipinski definition) is 1. The van der Waals surface area contributed by atoms with E-state index in [9.17, 15) is 4.79 Å². The quantitative estimate of drug-likeness (QED) is 0.931. The molecule has 1 amide bonds. The van der Waals surface area contributed by atoms with Crippen LogP contribution in [-0.4, -0.2) is 31.1 Å². The number of aromatic nitrogens is 1. The van der Waals surface area contributed by atoms with Crippen LogP contribution in [0.4, 0.5) is 11.5 Å². The van der Waals surface area contributed by atoms with Crippen molar-refractivity contribution in [2.75, 3.05) is 30.4 Å². The Bertz CT molecular complexity index is 677. The molecule has 24 heavy (non-hydrogen) atoms. The fraction of sp³-hybridized carbons (Fsp3) is 0.368. The zero-order valence-electron chi connectivity index (χ0n) is 14.0. The number of anilines is 2. The van der Waals surface area contributed by atoms with Crippen molar-refractivity contribution >= 4 is 17.4 Å². The number of hydrogen-bond acceptors (Lipinski definition) is 4. The van der Waals surface area contributed by atoms with Gasteiger partial charge in [-0.1, -0.05) is 18.9 Å². The predicted octanol–water partition coefficient (Wildman–Crippen LogP) is 3.72. The molecule has 1 aromatic carbocycles. The Hall–Kier alpha value is -2.56. The summed E-state index contributed by atoms with van der Waals surface area (Å²) in [4.78, 5) is 19.1. The SMILES string of the molecule is COc1cccc(C(=O)Nc2ccc(N3CCCCCC3)nc2)c1. The van der Waals surface area contributed by atoms with Crippen LogP contribution in [0.15, 0.2) is 42.6 Å². The normalized spacial score (nSPS) is 14.8. The van der Waals surface area contributed by atoms with E-state index in [0.717, 1.165) is 18.9 Å². The van der Waals surface area contributed by atoms with Gasteiger partial charge in [0.15, 0.2) is 0 Å². The highest BCUT2D eigenvalue weighted by Crippen LogP contribution is 2.19. The number of methoxy groups -OCH3 is 1. The largest absolute Gasteiger partial charge is 0.497 e. The van der Waals surface area contributed by atoms with E-state index in [1.165, 1.54) is 25.7 Å². The van der Waals surface area contributed by atoms with Crippen molar-refractivity contribution in [3.63, 3.8) is 0 Å². The van der Waals surface area contributed by atoms with Gasteiger partial charge < -0.3 is 15.0 Å². The number of ether oxygens (including phenoxy) is 1. The molecule has 0 bridgehead atoms. The number of nitrogens with zero attached hydrogens (tertiary/aromatic N) is 2. The standard InChI is InChI=1S/C19H23N3O2/c1-24-17-8-6-7-15(13-17)19(23)21-16-9-10-18(20-14-16)22-11-4-2-3-5-12-22/h6-10,13-14H,2-5,11-12H2,1H3,(H,21,23). The maximum atomic E-state index is 12.3. The lowest BCUT2D eigenvalue weighted by molar-refractivity contribution is 0.102. The van der Waals surface area contributed by atoms with Crippen LogP contribution < -0.4 is 15.0 Å². The molecule has 1 saturated heterocycles.